The van der Waals surface area contributed by atoms with Crippen molar-refractivity contribution in [1.82, 2.24) is 5.32 Å². The first-order valence-corrected chi connectivity index (χ1v) is 8.19. The summed E-state index contributed by atoms with van der Waals surface area (Å²) >= 11 is 0. The summed E-state index contributed by atoms with van der Waals surface area (Å²) in [6, 6.07) is 0.956. The van der Waals surface area contributed by atoms with E-state index in [1.165, 1.54) is 0 Å². The number of hydrogen-bond acceptors (Lipinski definition) is 3. The third-order valence-corrected chi connectivity index (χ3v) is 4.74. The molecule has 0 aliphatic heterocycles. The molecule has 1 fully saturated rings. The number of carbonyl (C=O) groups is 1. The molecule has 0 bridgehead atoms. The molecule has 1 N–H and O–H groups in total. The molecule has 110 valence electrons. The molecule has 1 amide bonds. The van der Waals surface area contributed by atoms with E-state index >= 15 is 0 Å². The maximum absolute atomic E-state index is 13.6. The van der Waals surface area contributed by atoms with E-state index in [0.717, 1.165) is 19.3 Å². The molecule has 0 unspecified atom stereocenters. The molecule has 0 heterocycles. The van der Waals surface area contributed by atoms with Crippen LogP contribution in [0.15, 0.2) is 17.0 Å². The summed E-state index contributed by atoms with van der Waals surface area (Å²) in [6.07, 6.45) is 2.45. The molecule has 0 radical (unpaired) electrons. The van der Waals surface area contributed by atoms with Crippen LogP contribution in [-0.2, 0) is 9.05 Å². The summed E-state index contributed by atoms with van der Waals surface area (Å²) in [4.78, 5) is 11.0. The van der Waals surface area contributed by atoms with Gasteiger partial charge in [-0.15, -0.1) is 0 Å². The van der Waals surface area contributed by atoms with Gasteiger partial charge in [-0.05, 0) is 32.3 Å². The van der Waals surface area contributed by atoms with Gasteiger partial charge in [0.1, 0.15) is 16.5 Å². The fourth-order valence-corrected chi connectivity index (χ4v) is 2.97. The molecule has 0 spiro atoms. The Hall–Kier alpha value is -1.21. The average molecular weight is 324 g/mol. The predicted molar refractivity (Wildman–Crippen MR) is 69.1 cm³/mol. The van der Waals surface area contributed by atoms with Crippen LogP contribution in [0.25, 0.3) is 0 Å². The first-order valence-electron chi connectivity index (χ1n) is 5.89. The third kappa shape index (κ3) is 2.93. The van der Waals surface area contributed by atoms with Crippen molar-refractivity contribution in [2.75, 3.05) is 0 Å². The Morgan fingerprint density at radius 3 is 2.35 bits per heavy atom. The Balaban J connectivity index is 2.38. The summed E-state index contributed by atoms with van der Waals surface area (Å²) in [5.41, 5.74) is -0.975. The molecule has 1 aromatic carbocycles. The van der Waals surface area contributed by atoms with E-state index in [9.17, 15) is 22.0 Å². The highest BCUT2D eigenvalue weighted by atomic mass is 35.7. The molecule has 1 saturated carbocycles. The summed E-state index contributed by atoms with van der Waals surface area (Å²) in [6.45, 7) is 1.80. The van der Waals surface area contributed by atoms with Crippen molar-refractivity contribution in [3.05, 3.63) is 29.3 Å². The first kappa shape index (κ1) is 15.2. The Kier molecular flexibility index (Phi) is 3.77. The lowest BCUT2D eigenvalue weighted by atomic mass is 9.78. The number of benzene rings is 1. The van der Waals surface area contributed by atoms with Gasteiger partial charge >= 0.3 is 0 Å². The summed E-state index contributed by atoms with van der Waals surface area (Å²) < 4.78 is 49.3. The maximum atomic E-state index is 13.6. The molecule has 4 nitrogen and oxygen atoms in total. The second-order valence-electron chi connectivity index (χ2n) is 5.07. The second kappa shape index (κ2) is 4.96. The molecule has 20 heavy (non-hydrogen) atoms. The van der Waals surface area contributed by atoms with Crippen LogP contribution in [0.1, 0.15) is 36.5 Å². The molecule has 0 saturated heterocycles. The van der Waals surface area contributed by atoms with Gasteiger partial charge in [0.2, 0.25) is 0 Å². The van der Waals surface area contributed by atoms with Crippen molar-refractivity contribution >= 4 is 25.6 Å². The van der Waals surface area contributed by atoms with Gasteiger partial charge < -0.3 is 5.32 Å². The van der Waals surface area contributed by atoms with Gasteiger partial charge in [-0.1, -0.05) is 0 Å². The third-order valence-electron chi connectivity index (χ3n) is 3.40. The van der Waals surface area contributed by atoms with Crippen molar-refractivity contribution < 1.29 is 22.0 Å². The molecule has 8 heteroatoms. The minimum atomic E-state index is -4.39. The lowest BCUT2D eigenvalue weighted by Crippen LogP contribution is -2.51. The van der Waals surface area contributed by atoms with Crippen LogP contribution < -0.4 is 5.32 Å². The van der Waals surface area contributed by atoms with Crippen molar-refractivity contribution in [3.63, 3.8) is 0 Å². The van der Waals surface area contributed by atoms with E-state index in [0.29, 0.717) is 12.1 Å². The van der Waals surface area contributed by atoms with Crippen LogP contribution in [0.5, 0.6) is 0 Å². The normalized spacial score (nSPS) is 17.4. The molecular formula is C12H12ClF2NO3S. The van der Waals surface area contributed by atoms with Gasteiger partial charge in [-0.2, -0.15) is 0 Å². The van der Waals surface area contributed by atoms with Crippen LogP contribution in [-0.4, -0.2) is 19.9 Å². The molecular weight excluding hydrogens is 312 g/mol. The number of amides is 1. The maximum Gasteiger partial charge on any atom is 0.264 e. The van der Waals surface area contributed by atoms with Gasteiger partial charge in [0, 0.05) is 22.3 Å². The summed E-state index contributed by atoms with van der Waals surface area (Å²) in [5.74, 6) is -3.25. The van der Waals surface area contributed by atoms with Crippen LogP contribution >= 0.6 is 10.7 Å². The zero-order valence-electron chi connectivity index (χ0n) is 10.5. The van der Waals surface area contributed by atoms with Crippen LogP contribution in [0.2, 0.25) is 0 Å². The Labute approximate surface area is 119 Å². The molecule has 1 aromatic rings. The smallest absolute Gasteiger partial charge is 0.264 e. The second-order valence-corrected chi connectivity index (χ2v) is 7.60. The standard InChI is InChI=1S/C12H12ClF2NO3S/c1-12(3-2-4-12)16-11(17)7-5-10(20(13,18)19)9(15)6-8(7)14/h5-6H,2-4H2,1H3,(H,16,17). The summed E-state index contributed by atoms with van der Waals surface area (Å²) in [7, 11) is 0.651. The van der Waals surface area contributed by atoms with Gasteiger partial charge in [-0.3, -0.25) is 4.79 Å². The number of hydrogen-bond donors (Lipinski definition) is 1. The van der Waals surface area contributed by atoms with E-state index < -0.39 is 42.6 Å². The summed E-state index contributed by atoms with van der Waals surface area (Å²) in [5, 5.41) is 2.61. The van der Waals surface area contributed by atoms with Crippen molar-refractivity contribution in [2.24, 2.45) is 0 Å². The molecule has 2 rings (SSSR count). The highest BCUT2D eigenvalue weighted by Gasteiger charge is 2.34. The van der Waals surface area contributed by atoms with Crippen molar-refractivity contribution in [1.29, 1.82) is 0 Å². The lowest BCUT2D eigenvalue weighted by Gasteiger charge is -2.39. The van der Waals surface area contributed by atoms with Crippen LogP contribution in [0, 0.1) is 11.6 Å². The Morgan fingerprint density at radius 1 is 1.30 bits per heavy atom. The fraction of sp³-hybridized carbons (Fsp3) is 0.417. The largest absolute Gasteiger partial charge is 0.347 e. The fourth-order valence-electron chi connectivity index (χ4n) is 2.06. The quantitative estimate of drug-likeness (QED) is 0.870. The molecule has 1 aliphatic rings. The van der Waals surface area contributed by atoms with Gasteiger partial charge in [-0.25, -0.2) is 17.2 Å². The average Bonchev–Trinajstić information content (AvgIpc) is 2.24. The van der Waals surface area contributed by atoms with E-state index in [1.807, 2.05) is 0 Å². The van der Waals surface area contributed by atoms with E-state index in [1.54, 1.807) is 6.92 Å². The van der Waals surface area contributed by atoms with Crippen LogP contribution in [0.3, 0.4) is 0 Å². The minimum Gasteiger partial charge on any atom is -0.347 e. The highest BCUT2D eigenvalue weighted by molar-refractivity contribution is 8.13. The lowest BCUT2D eigenvalue weighted by molar-refractivity contribution is 0.0846. The zero-order chi connectivity index (χ0) is 15.1. The number of carbonyl (C=O) groups excluding carboxylic acids is 1. The van der Waals surface area contributed by atoms with Gasteiger partial charge in [0.05, 0.1) is 5.56 Å². The minimum absolute atomic E-state index is 0.341. The highest BCUT2D eigenvalue weighted by Crippen LogP contribution is 2.31. The Morgan fingerprint density at radius 2 is 1.90 bits per heavy atom. The molecule has 1 aliphatic carbocycles. The molecule has 0 aromatic heterocycles. The topological polar surface area (TPSA) is 63.2 Å². The SMILES string of the molecule is CC1(NC(=O)c2cc(S(=O)(=O)Cl)c(F)cc2F)CCC1. The zero-order valence-corrected chi connectivity index (χ0v) is 12.1. The van der Waals surface area contributed by atoms with E-state index in [-0.39, 0.29) is 0 Å². The monoisotopic (exact) mass is 323 g/mol. The predicted octanol–water partition coefficient (Wildman–Crippen LogP) is 2.56. The van der Waals surface area contributed by atoms with Gasteiger partial charge in [0.15, 0.2) is 0 Å². The number of nitrogens with one attached hydrogen (secondary N) is 1. The first-order chi connectivity index (χ1) is 9.12. The van der Waals surface area contributed by atoms with Crippen molar-refractivity contribution in [3.8, 4) is 0 Å². The van der Waals surface area contributed by atoms with E-state index in [4.69, 9.17) is 10.7 Å². The number of rotatable bonds is 3. The van der Waals surface area contributed by atoms with Gasteiger partial charge in [0.25, 0.3) is 15.0 Å². The van der Waals surface area contributed by atoms with Crippen LogP contribution in [0.4, 0.5) is 8.78 Å². The number of halogens is 3. The van der Waals surface area contributed by atoms with Crippen molar-refractivity contribution in [2.45, 2.75) is 36.6 Å². The Bertz CT molecular complexity index is 672. The van der Waals surface area contributed by atoms with E-state index in [2.05, 4.69) is 5.32 Å². The molecule has 0 atom stereocenters.